The molecule has 0 bridgehead atoms. The van der Waals surface area contributed by atoms with Crippen LogP contribution in [-0.4, -0.2) is 0 Å². The zero-order chi connectivity index (χ0) is 31.5. The van der Waals surface area contributed by atoms with Crippen LogP contribution in [-0.2, 0) is 12.4 Å². The van der Waals surface area contributed by atoms with Gasteiger partial charge in [-0.1, -0.05) is 72.8 Å². The van der Waals surface area contributed by atoms with E-state index in [1.165, 1.54) is 24.3 Å². The van der Waals surface area contributed by atoms with Gasteiger partial charge in [-0.3, -0.25) is 0 Å². The molecule has 0 aromatic heterocycles. The highest BCUT2D eigenvalue weighted by Crippen LogP contribution is 2.57. The standard InChI is InChI=1S/C40H20F6/c41-39(42,43)27-13-9-21(10-14-27)33-35-29-17-23-5-1-2-6-24(23)18-30(29)36(35)34(22-11-15-28(16-12-22)40(44,45)46)38-32-20-26-8-4-3-7-25(26)19-31(32)37(33)38/h1-20H. The molecular formula is C40H20F6. The van der Waals surface area contributed by atoms with Crippen molar-refractivity contribution in [2.24, 2.45) is 0 Å². The van der Waals surface area contributed by atoms with Gasteiger partial charge < -0.3 is 0 Å². The number of benzene rings is 7. The summed E-state index contributed by atoms with van der Waals surface area (Å²) in [6.45, 7) is 0. The Morgan fingerprint density at radius 1 is 0.326 bits per heavy atom. The Bertz CT molecular complexity index is 2320. The molecule has 0 heterocycles. The van der Waals surface area contributed by atoms with Crippen LogP contribution in [0.1, 0.15) is 11.1 Å². The third-order valence-electron chi connectivity index (χ3n) is 9.35. The van der Waals surface area contributed by atoms with Crippen LogP contribution < -0.4 is 0 Å². The van der Waals surface area contributed by atoms with Gasteiger partial charge in [-0.25, -0.2) is 0 Å². The fourth-order valence-electron chi connectivity index (χ4n) is 7.24. The number of alkyl halides is 6. The first kappa shape index (κ1) is 27.0. The van der Waals surface area contributed by atoms with E-state index in [4.69, 9.17) is 0 Å². The molecular weight excluding hydrogens is 594 g/mol. The molecule has 0 saturated carbocycles. The molecule has 46 heavy (non-hydrogen) atoms. The molecule has 9 rings (SSSR count). The topological polar surface area (TPSA) is 0 Å². The molecule has 9 aromatic carbocycles. The second-order valence-corrected chi connectivity index (χ2v) is 11.9. The summed E-state index contributed by atoms with van der Waals surface area (Å²) in [4.78, 5) is 0. The second-order valence-electron chi connectivity index (χ2n) is 11.9. The van der Waals surface area contributed by atoms with Gasteiger partial charge in [0.05, 0.1) is 11.1 Å². The summed E-state index contributed by atoms with van der Waals surface area (Å²) in [5.41, 5.74) is 1.51. The quantitative estimate of drug-likeness (QED) is 0.170. The summed E-state index contributed by atoms with van der Waals surface area (Å²) in [6.07, 6.45) is -8.95. The van der Waals surface area contributed by atoms with E-state index in [9.17, 15) is 26.3 Å². The molecule has 0 N–H and O–H groups in total. The molecule has 0 saturated heterocycles. The molecule has 9 aromatic rings. The van der Waals surface area contributed by atoms with Crippen molar-refractivity contribution in [3.05, 3.63) is 132 Å². The zero-order valence-corrected chi connectivity index (χ0v) is 23.8. The number of fused-ring (bicyclic) bond motifs is 10. The van der Waals surface area contributed by atoms with E-state index >= 15 is 0 Å². The van der Waals surface area contributed by atoms with E-state index in [0.717, 1.165) is 100 Å². The molecule has 0 aliphatic carbocycles. The van der Waals surface area contributed by atoms with Crippen LogP contribution in [0.2, 0.25) is 0 Å². The molecule has 0 spiro atoms. The molecule has 0 amide bonds. The van der Waals surface area contributed by atoms with Gasteiger partial charge in [-0.15, -0.1) is 0 Å². The number of halogens is 6. The van der Waals surface area contributed by atoms with Gasteiger partial charge in [0.1, 0.15) is 0 Å². The van der Waals surface area contributed by atoms with Crippen molar-refractivity contribution in [2.75, 3.05) is 0 Å². The number of hydrogen-bond acceptors (Lipinski definition) is 0. The maximum Gasteiger partial charge on any atom is 0.416 e. The van der Waals surface area contributed by atoms with E-state index < -0.39 is 23.5 Å². The molecule has 0 aliphatic heterocycles. The Morgan fingerprint density at radius 3 is 0.826 bits per heavy atom. The first-order chi connectivity index (χ1) is 22.1. The zero-order valence-electron chi connectivity index (χ0n) is 23.8. The normalized spacial score (nSPS) is 13.0. The van der Waals surface area contributed by atoms with Crippen LogP contribution in [0.25, 0.3) is 86.9 Å². The van der Waals surface area contributed by atoms with Gasteiger partial charge in [0.25, 0.3) is 0 Å². The molecule has 0 unspecified atom stereocenters. The lowest BCUT2D eigenvalue weighted by atomic mass is 9.74. The lowest BCUT2D eigenvalue weighted by Crippen LogP contribution is -2.05. The smallest absolute Gasteiger partial charge is 0.166 e. The van der Waals surface area contributed by atoms with Crippen LogP contribution >= 0.6 is 0 Å². The van der Waals surface area contributed by atoms with E-state index in [1.807, 2.05) is 48.5 Å². The van der Waals surface area contributed by atoms with Crippen molar-refractivity contribution in [1.82, 2.24) is 0 Å². The Kier molecular flexibility index (Phi) is 5.34. The average Bonchev–Trinajstić information content (AvgIpc) is 3.04. The van der Waals surface area contributed by atoms with E-state index in [0.29, 0.717) is 11.1 Å². The average molecular weight is 615 g/mol. The molecule has 0 nitrogen and oxygen atoms in total. The van der Waals surface area contributed by atoms with Gasteiger partial charge in [-0.2, -0.15) is 26.3 Å². The van der Waals surface area contributed by atoms with Gasteiger partial charge in [-0.05, 0) is 135 Å². The van der Waals surface area contributed by atoms with Gasteiger partial charge in [0.2, 0.25) is 0 Å². The fourth-order valence-corrected chi connectivity index (χ4v) is 7.24. The Hall–Kier alpha value is -5.36. The SMILES string of the molecule is FC(F)(F)c1ccc(-c2c3c4cc5ccccc5cc4c3c(-c3ccc(C(F)(F)F)cc3)c3c4cc5ccccc5cc4c23)cc1. The minimum atomic E-state index is -4.47. The summed E-state index contributed by atoms with van der Waals surface area (Å²) in [6, 6.07) is 34.8. The van der Waals surface area contributed by atoms with Gasteiger partial charge in [0.15, 0.2) is 0 Å². The molecule has 0 atom stereocenters. The number of hydrogen-bond donors (Lipinski definition) is 0. The van der Waals surface area contributed by atoms with E-state index in [1.54, 1.807) is 0 Å². The van der Waals surface area contributed by atoms with Crippen molar-refractivity contribution in [3.8, 4) is 22.3 Å². The Morgan fingerprint density at radius 2 is 0.587 bits per heavy atom. The van der Waals surface area contributed by atoms with Crippen LogP contribution in [0.4, 0.5) is 26.3 Å². The van der Waals surface area contributed by atoms with Gasteiger partial charge >= 0.3 is 12.4 Å². The molecule has 0 aliphatic rings. The molecule has 0 radical (unpaired) electrons. The van der Waals surface area contributed by atoms with Crippen LogP contribution in [0.5, 0.6) is 0 Å². The van der Waals surface area contributed by atoms with Gasteiger partial charge in [0, 0.05) is 0 Å². The highest BCUT2D eigenvalue weighted by atomic mass is 19.4. The third kappa shape index (κ3) is 3.76. The predicted molar refractivity (Wildman–Crippen MR) is 175 cm³/mol. The lowest BCUT2D eigenvalue weighted by molar-refractivity contribution is -0.138. The first-order valence-electron chi connectivity index (χ1n) is 14.7. The largest absolute Gasteiger partial charge is 0.416 e. The fraction of sp³-hybridized carbons (Fsp3) is 0.0500. The predicted octanol–water partition coefficient (Wildman–Crippen LogP) is 12.9. The maximum atomic E-state index is 13.6. The summed E-state index contributed by atoms with van der Waals surface area (Å²) in [5, 5.41) is 11.5. The van der Waals surface area contributed by atoms with Crippen LogP contribution in [0.3, 0.4) is 0 Å². The maximum absolute atomic E-state index is 13.6. The van der Waals surface area contributed by atoms with Crippen LogP contribution in [0.15, 0.2) is 121 Å². The van der Waals surface area contributed by atoms with E-state index in [-0.39, 0.29) is 0 Å². The number of rotatable bonds is 2. The molecule has 222 valence electrons. The minimum Gasteiger partial charge on any atom is -0.166 e. The van der Waals surface area contributed by atoms with E-state index in [2.05, 4.69) is 24.3 Å². The van der Waals surface area contributed by atoms with Crippen molar-refractivity contribution in [1.29, 1.82) is 0 Å². The van der Waals surface area contributed by atoms with Crippen LogP contribution in [0, 0.1) is 0 Å². The minimum absolute atomic E-state index is 0.650. The highest BCUT2D eigenvalue weighted by molar-refractivity contribution is 6.47. The summed E-state index contributed by atoms with van der Waals surface area (Å²) >= 11 is 0. The highest BCUT2D eigenvalue weighted by Gasteiger charge is 2.33. The second kappa shape index (κ2) is 9.10. The van der Waals surface area contributed by atoms with Crippen molar-refractivity contribution >= 4 is 64.6 Å². The van der Waals surface area contributed by atoms with Crippen molar-refractivity contribution in [2.45, 2.75) is 12.4 Å². The Labute approximate surface area is 257 Å². The molecule has 6 heteroatoms. The van der Waals surface area contributed by atoms with Crippen molar-refractivity contribution in [3.63, 3.8) is 0 Å². The summed E-state index contributed by atoms with van der Waals surface area (Å²) in [5.74, 6) is 0. The lowest BCUT2D eigenvalue weighted by Gasteiger charge is -2.28. The molecule has 0 fully saturated rings. The first-order valence-corrected chi connectivity index (χ1v) is 14.7. The third-order valence-corrected chi connectivity index (χ3v) is 9.35. The monoisotopic (exact) mass is 614 g/mol. The summed E-state index contributed by atoms with van der Waals surface area (Å²) < 4.78 is 81.6. The Balaban J connectivity index is 1.47. The summed E-state index contributed by atoms with van der Waals surface area (Å²) in [7, 11) is 0. The van der Waals surface area contributed by atoms with Crippen molar-refractivity contribution < 1.29 is 26.3 Å².